The van der Waals surface area contributed by atoms with E-state index in [1.807, 2.05) is 18.4 Å². The summed E-state index contributed by atoms with van der Waals surface area (Å²) in [4.78, 5) is 11.1. The van der Waals surface area contributed by atoms with E-state index in [2.05, 4.69) is 0 Å². The first kappa shape index (κ1) is 15.6. The van der Waals surface area contributed by atoms with Crippen molar-refractivity contribution >= 4 is 26.7 Å². The van der Waals surface area contributed by atoms with Crippen LogP contribution < -0.4 is 0 Å². The second-order valence-electron chi connectivity index (χ2n) is 5.14. The molecule has 5 nitrogen and oxygen atoms in total. The molecule has 0 spiro atoms. The third-order valence-corrected chi connectivity index (χ3v) is 5.64. The molecule has 6 heteroatoms. The minimum Gasteiger partial charge on any atom is -0.478 e. The van der Waals surface area contributed by atoms with Gasteiger partial charge in [-0.05, 0) is 37.6 Å². The fourth-order valence-electron chi connectivity index (χ4n) is 2.45. The zero-order valence-corrected chi connectivity index (χ0v) is 13.2. The van der Waals surface area contributed by atoms with Crippen molar-refractivity contribution in [1.29, 1.82) is 0 Å². The fourth-order valence-corrected chi connectivity index (χ4v) is 3.20. The number of carbonyl (C=O) groups is 1. The van der Waals surface area contributed by atoms with Gasteiger partial charge in [-0.15, -0.1) is 0 Å². The molecule has 2 rings (SSSR count). The van der Waals surface area contributed by atoms with Crippen LogP contribution in [0.15, 0.2) is 18.2 Å². The number of fused-ring (bicyclic) bond motifs is 1. The van der Waals surface area contributed by atoms with E-state index in [-0.39, 0.29) is 17.1 Å². The topological polar surface area (TPSA) is 76.4 Å². The fraction of sp³-hybridized carbons (Fsp3) is 0.400. The first-order valence-electron chi connectivity index (χ1n) is 6.80. The predicted octanol–water partition coefficient (Wildman–Crippen LogP) is 2.39. The lowest BCUT2D eigenvalue weighted by atomic mass is 10.1. The molecule has 1 aromatic heterocycles. The Morgan fingerprint density at radius 1 is 1.29 bits per heavy atom. The van der Waals surface area contributed by atoms with Crippen molar-refractivity contribution < 1.29 is 18.3 Å². The number of nitrogens with zero attached hydrogens (tertiary/aromatic N) is 1. The molecule has 21 heavy (non-hydrogen) atoms. The maximum Gasteiger partial charge on any atom is 0.335 e. The number of rotatable bonds is 5. The summed E-state index contributed by atoms with van der Waals surface area (Å²) in [6, 6.07) is 4.94. The number of carboxylic acid groups (broad SMARTS) is 1. The zero-order valence-electron chi connectivity index (χ0n) is 12.4. The van der Waals surface area contributed by atoms with E-state index < -0.39 is 15.8 Å². The normalized spacial score (nSPS) is 12.0. The van der Waals surface area contributed by atoms with E-state index in [4.69, 9.17) is 5.11 Å². The number of aromatic nitrogens is 1. The molecule has 0 fully saturated rings. The molecule has 0 saturated carbocycles. The molecule has 0 aliphatic heterocycles. The number of sulfone groups is 1. The van der Waals surface area contributed by atoms with Crippen LogP contribution in [-0.4, -0.2) is 35.6 Å². The van der Waals surface area contributed by atoms with Crippen LogP contribution in [0.4, 0.5) is 0 Å². The van der Waals surface area contributed by atoms with E-state index in [9.17, 15) is 13.2 Å². The Bertz CT molecular complexity index is 803. The predicted molar refractivity (Wildman–Crippen MR) is 82.7 cm³/mol. The van der Waals surface area contributed by atoms with E-state index >= 15 is 0 Å². The number of benzene rings is 1. The highest BCUT2D eigenvalue weighted by Crippen LogP contribution is 2.26. The summed E-state index contributed by atoms with van der Waals surface area (Å²) in [6.07, 6.45) is 0. The highest BCUT2D eigenvalue weighted by Gasteiger charge is 2.15. The molecule has 0 aliphatic carbocycles. The van der Waals surface area contributed by atoms with Gasteiger partial charge in [0.25, 0.3) is 0 Å². The third kappa shape index (κ3) is 2.95. The van der Waals surface area contributed by atoms with Crippen LogP contribution in [0.5, 0.6) is 0 Å². The SMILES string of the molecule is CCS(=O)(=O)CCn1c(C)c(C)c2cc(C(=O)O)ccc21. The molecule has 0 saturated heterocycles. The average Bonchev–Trinajstić information content (AvgIpc) is 2.68. The van der Waals surface area contributed by atoms with Crippen LogP contribution in [0, 0.1) is 13.8 Å². The first-order valence-corrected chi connectivity index (χ1v) is 8.62. The molecular weight excluding hydrogens is 290 g/mol. The lowest BCUT2D eigenvalue weighted by Gasteiger charge is -2.08. The number of aryl methyl sites for hydroxylation is 2. The number of aromatic carboxylic acids is 1. The van der Waals surface area contributed by atoms with Crippen molar-refractivity contribution in [2.75, 3.05) is 11.5 Å². The number of hydrogen-bond donors (Lipinski definition) is 1. The van der Waals surface area contributed by atoms with E-state index in [0.29, 0.717) is 6.54 Å². The molecule has 1 aromatic carbocycles. The lowest BCUT2D eigenvalue weighted by molar-refractivity contribution is 0.0697. The lowest BCUT2D eigenvalue weighted by Crippen LogP contribution is -2.15. The van der Waals surface area contributed by atoms with Gasteiger partial charge in [-0.1, -0.05) is 6.92 Å². The van der Waals surface area contributed by atoms with E-state index in [1.165, 1.54) is 0 Å². The average molecular weight is 309 g/mol. The van der Waals surface area contributed by atoms with Crippen molar-refractivity contribution in [2.45, 2.75) is 27.3 Å². The Kier molecular flexibility index (Phi) is 4.09. The molecule has 0 atom stereocenters. The molecule has 0 aliphatic rings. The molecule has 2 aromatic rings. The number of hydrogen-bond acceptors (Lipinski definition) is 3. The van der Waals surface area contributed by atoms with Gasteiger partial charge >= 0.3 is 5.97 Å². The maximum absolute atomic E-state index is 11.7. The summed E-state index contributed by atoms with van der Waals surface area (Å²) >= 11 is 0. The Morgan fingerprint density at radius 2 is 1.95 bits per heavy atom. The second kappa shape index (κ2) is 5.52. The van der Waals surface area contributed by atoms with Crippen LogP contribution >= 0.6 is 0 Å². The van der Waals surface area contributed by atoms with Crippen LogP contribution in [-0.2, 0) is 16.4 Å². The standard InChI is InChI=1S/C15H19NO4S/c1-4-21(19,20)8-7-16-11(3)10(2)13-9-12(15(17)18)5-6-14(13)16/h5-6,9H,4,7-8H2,1-3H3,(H,17,18). The van der Waals surface area contributed by atoms with Gasteiger partial charge in [0, 0.05) is 28.9 Å². The summed E-state index contributed by atoms with van der Waals surface area (Å²) < 4.78 is 25.3. The van der Waals surface area contributed by atoms with Gasteiger partial charge in [0.15, 0.2) is 9.84 Å². The summed E-state index contributed by atoms with van der Waals surface area (Å²) in [6.45, 7) is 5.88. The highest BCUT2D eigenvalue weighted by atomic mass is 32.2. The van der Waals surface area contributed by atoms with E-state index in [1.54, 1.807) is 25.1 Å². The summed E-state index contributed by atoms with van der Waals surface area (Å²) in [7, 11) is -3.03. The molecule has 1 heterocycles. The van der Waals surface area contributed by atoms with Gasteiger partial charge in [-0.2, -0.15) is 0 Å². The Morgan fingerprint density at radius 3 is 2.52 bits per heavy atom. The quantitative estimate of drug-likeness (QED) is 0.920. The van der Waals surface area contributed by atoms with Crippen molar-refractivity contribution in [3.05, 3.63) is 35.0 Å². The van der Waals surface area contributed by atoms with Gasteiger partial charge in [-0.3, -0.25) is 0 Å². The molecule has 0 bridgehead atoms. The smallest absolute Gasteiger partial charge is 0.335 e. The summed E-state index contributed by atoms with van der Waals surface area (Å²) in [5.41, 5.74) is 3.08. The van der Waals surface area contributed by atoms with Gasteiger partial charge < -0.3 is 9.67 Å². The van der Waals surface area contributed by atoms with Crippen molar-refractivity contribution in [2.24, 2.45) is 0 Å². The highest BCUT2D eigenvalue weighted by molar-refractivity contribution is 7.91. The number of carboxylic acids is 1. The molecular formula is C15H19NO4S. The second-order valence-corrected chi connectivity index (χ2v) is 7.61. The van der Waals surface area contributed by atoms with Gasteiger partial charge in [0.1, 0.15) is 0 Å². The summed E-state index contributed by atoms with van der Waals surface area (Å²) in [5, 5.41) is 9.93. The monoisotopic (exact) mass is 309 g/mol. The Hall–Kier alpha value is -1.82. The minimum absolute atomic E-state index is 0.0915. The van der Waals surface area contributed by atoms with Gasteiger partial charge in [-0.25, -0.2) is 13.2 Å². The van der Waals surface area contributed by atoms with Crippen molar-refractivity contribution in [3.63, 3.8) is 0 Å². The van der Waals surface area contributed by atoms with Crippen LogP contribution in [0.25, 0.3) is 10.9 Å². The van der Waals surface area contributed by atoms with Crippen LogP contribution in [0.2, 0.25) is 0 Å². The molecule has 1 N–H and O–H groups in total. The third-order valence-electron chi connectivity index (χ3n) is 3.95. The first-order chi connectivity index (χ1) is 9.76. The van der Waals surface area contributed by atoms with Crippen molar-refractivity contribution in [1.82, 2.24) is 4.57 Å². The van der Waals surface area contributed by atoms with Crippen LogP contribution in [0.1, 0.15) is 28.5 Å². The Balaban J connectivity index is 2.50. The van der Waals surface area contributed by atoms with Gasteiger partial charge in [0.2, 0.25) is 0 Å². The summed E-state index contributed by atoms with van der Waals surface area (Å²) in [5.74, 6) is -0.739. The van der Waals surface area contributed by atoms with E-state index in [0.717, 1.165) is 22.2 Å². The Labute approximate surface area is 124 Å². The molecule has 0 amide bonds. The maximum atomic E-state index is 11.7. The minimum atomic E-state index is -3.03. The molecule has 0 unspecified atom stereocenters. The van der Waals surface area contributed by atoms with Crippen molar-refractivity contribution in [3.8, 4) is 0 Å². The zero-order chi connectivity index (χ0) is 15.8. The molecule has 0 radical (unpaired) electrons. The van der Waals surface area contributed by atoms with Crippen LogP contribution in [0.3, 0.4) is 0 Å². The van der Waals surface area contributed by atoms with Gasteiger partial charge in [0.05, 0.1) is 11.3 Å². The largest absolute Gasteiger partial charge is 0.478 e. The molecule has 114 valence electrons.